The lowest BCUT2D eigenvalue weighted by Crippen LogP contribution is -2.44. The second-order valence-corrected chi connectivity index (χ2v) is 5.31. The van der Waals surface area contributed by atoms with Gasteiger partial charge in [0.05, 0.1) is 6.42 Å². The molecule has 19 heavy (non-hydrogen) atoms. The van der Waals surface area contributed by atoms with Gasteiger partial charge in [0.25, 0.3) is 0 Å². The summed E-state index contributed by atoms with van der Waals surface area (Å²) in [4.78, 5) is 22.8. The fourth-order valence-electron chi connectivity index (χ4n) is 1.71. The Labute approximate surface area is 117 Å². The van der Waals surface area contributed by atoms with E-state index in [1.165, 1.54) is 0 Å². The van der Waals surface area contributed by atoms with Crippen molar-refractivity contribution in [1.82, 2.24) is 5.32 Å². The van der Waals surface area contributed by atoms with Gasteiger partial charge in [0.1, 0.15) is 6.04 Å². The summed E-state index contributed by atoms with van der Waals surface area (Å²) in [6.07, 6.45) is 0.0790. The van der Waals surface area contributed by atoms with Gasteiger partial charge in [-0.15, -0.1) is 0 Å². The Balaban J connectivity index is 2.72. The zero-order valence-electron chi connectivity index (χ0n) is 11.2. The van der Waals surface area contributed by atoms with Crippen molar-refractivity contribution in [1.29, 1.82) is 0 Å². The van der Waals surface area contributed by atoms with Crippen LogP contribution in [0.4, 0.5) is 0 Å². The summed E-state index contributed by atoms with van der Waals surface area (Å²) >= 11 is 6.04. The molecule has 0 aliphatic carbocycles. The lowest BCUT2D eigenvalue weighted by molar-refractivity contribution is -0.143. The zero-order chi connectivity index (χ0) is 14.6. The molecule has 1 amide bonds. The molecule has 1 aromatic carbocycles. The monoisotopic (exact) mass is 283 g/mol. The van der Waals surface area contributed by atoms with Gasteiger partial charge >= 0.3 is 5.97 Å². The summed E-state index contributed by atoms with van der Waals surface area (Å²) < 4.78 is 0. The number of carbonyl (C=O) groups is 2. The van der Waals surface area contributed by atoms with Crippen LogP contribution in [0.5, 0.6) is 0 Å². The zero-order valence-corrected chi connectivity index (χ0v) is 12.0. The van der Waals surface area contributed by atoms with Crippen LogP contribution >= 0.6 is 11.6 Å². The number of hydrogen-bond acceptors (Lipinski definition) is 2. The van der Waals surface area contributed by atoms with Crippen molar-refractivity contribution >= 4 is 23.5 Å². The van der Waals surface area contributed by atoms with E-state index in [0.717, 1.165) is 5.56 Å². The van der Waals surface area contributed by atoms with E-state index >= 15 is 0 Å². The number of halogens is 1. The number of aliphatic carboxylic acids is 1. The molecule has 4 nitrogen and oxygen atoms in total. The molecule has 0 radical (unpaired) electrons. The lowest BCUT2D eigenvalue weighted by Gasteiger charge is -2.18. The van der Waals surface area contributed by atoms with Crippen LogP contribution in [0.15, 0.2) is 18.2 Å². The molecule has 0 fully saturated rings. The maximum Gasteiger partial charge on any atom is 0.326 e. The number of rotatable bonds is 5. The van der Waals surface area contributed by atoms with E-state index in [4.69, 9.17) is 16.7 Å². The van der Waals surface area contributed by atoms with Crippen molar-refractivity contribution in [3.63, 3.8) is 0 Å². The second kappa shape index (κ2) is 6.57. The van der Waals surface area contributed by atoms with E-state index in [0.29, 0.717) is 10.6 Å². The first-order valence-electron chi connectivity index (χ1n) is 6.08. The predicted molar refractivity (Wildman–Crippen MR) is 74.3 cm³/mol. The molecule has 0 bridgehead atoms. The molecule has 0 heterocycles. The number of carbonyl (C=O) groups excluding carboxylic acids is 1. The first-order chi connectivity index (χ1) is 8.81. The van der Waals surface area contributed by atoms with Gasteiger partial charge in [-0.3, -0.25) is 4.79 Å². The third-order valence-corrected chi connectivity index (χ3v) is 3.16. The average molecular weight is 284 g/mol. The molecule has 0 aromatic heterocycles. The molecular formula is C14H18ClNO3. The van der Waals surface area contributed by atoms with Crippen LogP contribution in [0, 0.1) is 12.8 Å². The van der Waals surface area contributed by atoms with Gasteiger partial charge in [0.15, 0.2) is 0 Å². The Bertz CT molecular complexity index is 486. The lowest BCUT2D eigenvalue weighted by atomic mass is 10.0. The van der Waals surface area contributed by atoms with Crippen molar-refractivity contribution in [2.45, 2.75) is 33.2 Å². The van der Waals surface area contributed by atoms with Gasteiger partial charge in [-0.25, -0.2) is 4.79 Å². The molecule has 0 spiro atoms. The minimum atomic E-state index is -1.03. The van der Waals surface area contributed by atoms with Crippen molar-refractivity contribution < 1.29 is 14.7 Å². The number of carboxylic acids is 1. The summed E-state index contributed by atoms with van der Waals surface area (Å²) in [6, 6.07) is 4.55. The summed E-state index contributed by atoms with van der Waals surface area (Å²) in [7, 11) is 0. The molecule has 0 aliphatic rings. The third-order valence-electron chi connectivity index (χ3n) is 2.81. The number of benzene rings is 1. The van der Waals surface area contributed by atoms with E-state index in [-0.39, 0.29) is 18.2 Å². The van der Waals surface area contributed by atoms with Crippen molar-refractivity contribution in [2.75, 3.05) is 0 Å². The molecule has 0 aliphatic heterocycles. The Kier molecular flexibility index (Phi) is 5.36. The maximum atomic E-state index is 11.8. The Morgan fingerprint density at radius 1 is 1.37 bits per heavy atom. The second-order valence-electron chi connectivity index (χ2n) is 4.90. The molecule has 104 valence electrons. The highest BCUT2D eigenvalue weighted by Gasteiger charge is 2.23. The van der Waals surface area contributed by atoms with Crippen LogP contribution in [0.2, 0.25) is 5.02 Å². The number of amides is 1. The van der Waals surface area contributed by atoms with E-state index < -0.39 is 12.0 Å². The van der Waals surface area contributed by atoms with Crippen molar-refractivity contribution in [3.8, 4) is 0 Å². The quantitative estimate of drug-likeness (QED) is 0.872. The molecule has 5 heteroatoms. The molecule has 0 saturated carbocycles. The highest BCUT2D eigenvalue weighted by Crippen LogP contribution is 2.18. The van der Waals surface area contributed by atoms with E-state index in [9.17, 15) is 9.59 Å². The van der Waals surface area contributed by atoms with Crippen LogP contribution in [0.3, 0.4) is 0 Å². The summed E-state index contributed by atoms with van der Waals surface area (Å²) in [5, 5.41) is 12.0. The van der Waals surface area contributed by atoms with Gasteiger partial charge in [-0.1, -0.05) is 37.6 Å². The molecule has 2 N–H and O–H groups in total. The molecule has 1 atom stereocenters. The smallest absolute Gasteiger partial charge is 0.326 e. The Morgan fingerprint density at radius 3 is 2.47 bits per heavy atom. The fraction of sp³-hybridized carbons (Fsp3) is 0.429. The van der Waals surface area contributed by atoms with Crippen LogP contribution in [0.25, 0.3) is 0 Å². The number of aryl methyl sites for hydroxylation is 1. The van der Waals surface area contributed by atoms with Crippen LogP contribution < -0.4 is 5.32 Å². The minimum Gasteiger partial charge on any atom is -0.480 e. The van der Waals surface area contributed by atoms with E-state index in [1.807, 2.05) is 13.0 Å². The van der Waals surface area contributed by atoms with Gasteiger partial charge in [-0.05, 0) is 30.0 Å². The van der Waals surface area contributed by atoms with Gasteiger partial charge in [0, 0.05) is 5.02 Å². The Morgan fingerprint density at radius 2 is 2.00 bits per heavy atom. The molecule has 1 rings (SSSR count). The summed E-state index contributed by atoms with van der Waals surface area (Å²) in [6.45, 7) is 5.41. The SMILES string of the molecule is Cc1ccc(CC(=O)N[C@H](C(=O)O)C(C)C)c(Cl)c1. The van der Waals surface area contributed by atoms with Gasteiger partial charge in [-0.2, -0.15) is 0 Å². The highest BCUT2D eigenvalue weighted by atomic mass is 35.5. The fourth-order valence-corrected chi connectivity index (χ4v) is 2.01. The van der Waals surface area contributed by atoms with Crippen LogP contribution in [-0.2, 0) is 16.0 Å². The van der Waals surface area contributed by atoms with E-state index in [2.05, 4.69) is 5.32 Å². The van der Waals surface area contributed by atoms with E-state index in [1.54, 1.807) is 26.0 Å². The maximum absolute atomic E-state index is 11.8. The van der Waals surface area contributed by atoms with Crippen LogP contribution in [-0.4, -0.2) is 23.0 Å². The van der Waals surface area contributed by atoms with Crippen molar-refractivity contribution in [2.24, 2.45) is 5.92 Å². The average Bonchev–Trinajstić information content (AvgIpc) is 2.29. The predicted octanol–water partition coefficient (Wildman–Crippen LogP) is 2.42. The Hall–Kier alpha value is -1.55. The van der Waals surface area contributed by atoms with Crippen molar-refractivity contribution in [3.05, 3.63) is 34.3 Å². The molecule has 0 saturated heterocycles. The van der Waals surface area contributed by atoms with Gasteiger partial charge in [0.2, 0.25) is 5.91 Å². The first-order valence-corrected chi connectivity index (χ1v) is 6.46. The number of carboxylic acid groups (broad SMARTS) is 1. The largest absolute Gasteiger partial charge is 0.480 e. The summed E-state index contributed by atoms with van der Waals surface area (Å²) in [5.41, 5.74) is 1.71. The topological polar surface area (TPSA) is 66.4 Å². The molecular weight excluding hydrogens is 266 g/mol. The van der Waals surface area contributed by atoms with Gasteiger partial charge < -0.3 is 10.4 Å². The molecule has 0 unspecified atom stereocenters. The van der Waals surface area contributed by atoms with Crippen LogP contribution in [0.1, 0.15) is 25.0 Å². The first kappa shape index (κ1) is 15.5. The number of hydrogen-bond donors (Lipinski definition) is 2. The standard InChI is InChI=1S/C14H18ClNO3/c1-8(2)13(14(18)19)16-12(17)7-10-5-4-9(3)6-11(10)15/h4-6,8,13H,7H2,1-3H3,(H,16,17)(H,18,19)/t13-/m0/s1. The normalized spacial score (nSPS) is 12.3. The third kappa shape index (κ3) is 4.56. The number of nitrogens with one attached hydrogen (secondary N) is 1. The molecule has 1 aromatic rings. The highest BCUT2D eigenvalue weighted by molar-refractivity contribution is 6.31. The summed E-state index contributed by atoms with van der Waals surface area (Å²) in [5.74, 6) is -1.54. The minimum absolute atomic E-state index is 0.0790.